The molecule has 15 heavy (non-hydrogen) atoms. The second-order valence-corrected chi connectivity index (χ2v) is 6.79. The van der Waals surface area contributed by atoms with Gasteiger partial charge in [0, 0.05) is 16.1 Å². The lowest BCUT2D eigenvalue weighted by Gasteiger charge is -1.99. The first-order valence-electron chi connectivity index (χ1n) is 4.25. The largest absolute Gasteiger partial charge is 0.462 e. The molecule has 80 valence electrons. The van der Waals surface area contributed by atoms with Crippen LogP contribution in [0.4, 0.5) is 0 Å². The zero-order valence-electron chi connectivity index (χ0n) is 7.89. The maximum atomic E-state index is 11.5. The number of rotatable bonds is 2. The fourth-order valence-electron chi connectivity index (χ4n) is 0.940. The van der Waals surface area contributed by atoms with Crippen molar-refractivity contribution in [1.82, 2.24) is 0 Å². The Morgan fingerprint density at radius 2 is 2.00 bits per heavy atom. The van der Waals surface area contributed by atoms with Gasteiger partial charge < -0.3 is 4.74 Å². The normalized spacial score (nSPS) is 10.2. The fraction of sp³-hybridized carbons (Fsp3) is 0.222. The number of hydrogen-bond donors (Lipinski definition) is 0. The molecule has 0 N–H and O–H groups in total. The van der Waals surface area contributed by atoms with E-state index in [1.807, 2.05) is 17.7 Å². The molecule has 2 aliphatic heterocycles. The first kappa shape index (κ1) is 11.1. The Labute approximate surface area is 103 Å². The SMILES string of the molecule is CCOC(=O)c1csc2sccsc=2s1. The molecule has 6 heteroatoms. The van der Waals surface area contributed by atoms with E-state index in [2.05, 4.69) is 5.38 Å². The molecule has 2 nitrogen and oxygen atoms in total. The van der Waals surface area contributed by atoms with Gasteiger partial charge >= 0.3 is 5.97 Å². The molecule has 0 atom stereocenters. The lowest BCUT2D eigenvalue weighted by Crippen LogP contribution is -2.02. The third kappa shape index (κ3) is 2.57. The van der Waals surface area contributed by atoms with E-state index in [9.17, 15) is 4.79 Å². The molecule has 2 heterocycles. The Bertz CT molecular complexity index is 542. The molecule has 0 amide bonds. The summed E-state index contributed by atoms with van der Waals surface area (Å²) in [5, 5.41) is 5.96. The second-order valence-electron chi connectivity index (χ2n) is 2.51. The van der Waals surface area contributed by atoms with Gasteiger partial charge in [0.05, 0.1) is 6.61 Å². The van der Waals surface area contributed by atoms with Crippen molar-refractivity contribution in [1.29, 1.82) is 0 Å². The third-order valence-corrected chi connectivity index (χ3v) is 6.53. The molecule has 2 rings (SSSR count). The van der Waals surface area contributed by atoms with Crippen LogP contribution in [-0.4, -0.2) is 12.6 Å². The van der Waals surface area contributed by atoms with Crippen LogP contribution < -0.4 is 0 Å². The van der Waals surface area contributed by atoms with E-state index in [1.54, 1.807) is 34.0 Å². The van der Waals surface area contributed by atoms with Crippen LogP contribution in [0, 0.1) is 7.69 Å². The molecular weight excluding hydrogens is 268 g/mol. The van der Waals surface area contributed by atoms with Crippen LogP contribution in [0.2, 0.25) is 0 Å². The van der Waals surface area contributed by atoms with Crippen LogP contribution in [0.3, 0.4) is 0 Å². The number of esters is 1. The summed E-state index contributed by atoms with van der Waals surface area (Å²) in [6.07, 6.45) is 0. The molecule has 2 aliphatic rings. The first-order valence-corrected chi connectivity index (χ1v) is 7.71. The Hall–Kier alpha value is -0.430. The molecule has 0 fully saturated rings. The molecule has 0 saturated heterocycles. The summed E-state index contributed by atoms with van der Waals surface area (Å²) in [4.78, 5) is 12.2. The van der Waals surface area contributed by atoms with Gasteiger partial charge in [0.15, 0.2) is 0 Å². The number of hydrogen-bond acceptors (Lipinski definition) is 6. The molecule has 0 aromatic carbocycles. The minimum absolute atomic E-state index is 0.221. The lowest BCUT2D eigenvalue weighted by molar-refractivity contribution is 0.0532. The predicted octanol–water partition coefficient (Wildman–Crippen LogP) is 3.96. The summed E-state index contributed by atoms with van der Waals surface area (Å²) in [5.41, 5.74) is 0. The van der Waals surface area contributed by atoms with Crippen LogP contribution in [-0.2, 0) is 4.74 Å². The Morgan fingerprint density at radius 1 is 1.27 bits per heavy atom. The highest BCUT2D eigenvalue weighted by atomic mass is 32.2. The summed E-state index contributed by atoms with van der Waals surface area (Å²) >= 11 is 6.45. The summed E-state index contributed by atoms with van der Waals surface area (Å²) in [6, 6.07) is 0. The summed E-state index contributed by atoms with van der Waals surface area (Å²) in [6.45, 7) is 2.24. The fourth-order valence-corrected chi connectivity index (χ4v) is 5.27. The van der Waals surface area contributed by atoms with Crippen molar-refractivity contribution >= 4 is 51.3 Å². The zero-order valence-corrected chi connectivity index (χ0v) is 11.2. The van der Waals surface area contributed by atoms with Crippen molar-refractivity contribution in [2.45, 2.75) is 6.92 Å². The third-order valence-electron chi connectivity index (χ3n) is 1.52. The Balaban J connectivity index is 2.48. The van der Waals surface area contributed by atoms with Gasteiger partial charge in [-0.05, 0) is 6.92 Å². The average molecular weight is 276 g/mol. The zero-order chi connectivity index (χ0) is 10.7. The number of ether oxygens (including phenoxy) is 1. The van der Waals surface area contributed by atoms with Crippen molar-refractivity contribution < 1.29 is 9.53 Å². The van der Waals surface area contributed by atoms with Crippen LogP contribution in [0.25, 0.3) is 0 Å². The van der Waals surface area contributed by atoms with Crippen LogP contribution >= 0.6 is 45.3 Å². The van der Waals surface area contributed by atoms with Crippen molar-refractivity contribution in [3.8, 4) is 0 Å². The number of carbonyl (C=O) groups is 1. The van der Waals surface area contributed by atoms with Gasteiger partial charge in [0.2, 0.25) is 0 Å². The topological polar surface area (TPSA) is 26.3 Å². The van der Waals surface area contributed by atoms with Gasteiger partial charge in [-0.2, -0.15) is 0 Å². The van der Waals surface area contributed by atoms with E-state index in [-0.39, 0.29) is 5.97 Å². The van der Waals surface area contributed by atoms with E-state index in [1.165, 1.54) is 19.0 Å². The molecule has 0 unspecified atom stereocenters. The summed E-state index contributed by atoms with van der Waals surface area (Å²) in [7, 11) is 0. The minimum atomic E-state index is -0.221. The van der Waals surface area contributed by atoms with Crippen molar-refractivity contribution in [3.63, 3.8) is 0 Å². The Kier molecular flexibility index (Phi) is 3.74. The maximum absolute atomic E-state index is 11.5. The van der Waals surface area contributed by atoms with E-state index >= 15 is 0 Å². The predicted molar refractivity (Wildman–Crippen MR) is 66.8 cm³/mol. The maximum Gasteiger partial charge on any atom is 0.349 e. The highest BCUT2D eigenvalue weighted by Gasteiger charge is 2.07. The van der Waals surface area contributed by atoms with Crippen molar-refractivity contribution in [2.24, 2.45) is 0 Å². The highest BCUT2D eigenvalue weighted by molar-refractivity contribution is 7.32. The average Bonchev–Trinajstić information content (AvgIpc) is 2.29. The monoisotopic (exact) mass is 276 g/mol. The molecule has 0 bridgehead atoms. The van der Waals surface area contributed by atoms with Crippen molar-refractivity contribution in [3.05, 3.63) is 28.7 Å². The standard InChI is InChI=1S/C9H8O2S4/c1-2-11-7(10)6-5-14-8-9(15-6)13-4-3-12-8/h3-5H,2H2,1H3. The molecule has 0 saturated carbocycles. The van der Waals surface area contributed by atoms with Crippen molar-refractivity contribution in [2.75, 3.05) is 6.61 Å². The van der Waals surface area contributed by atoms with E-state index in [4.69, 9.17) is 4.74 Å². The molecular formula is C9H8O2S4. The van der Waals surface area contributed by atoms with Gasteiger partial charge in [-0.3, -0.25) is 0 Å². The first-order chi connectivity index (χ1) is 7.31. The summed E-state index contributed by atoms with van der Waals surface area (Å²) in [5.74, 6) is -0.221. The second kappa shape index (κ2) is 5.07. The van der Waals surface area contributed by atoms with E-state index in [0.717, 1.165) is 0 Å². The van der Waals surface area contributed by atoms with Gasteiger partial charge in [-0.15, -0.1) is 45.3 Å². The minimum Gasteiger partial charge on any atom is -0.462 e. The van der Waals surface area contributed by atoms with E-state index in [0.29, 0.717) is 11.5 Å². The number of carbonyl (C=O) groups excluding carboxylic acids is 1. The van der Waals surface area contributed by atoms with Gasteiger partial charge in [0.1, 0.15) is 12.6 Å². The van der Waals surface area contributed by atoms with Crippen LogP contribution in [0.1, 0.15) is 16.6 Å². The van der Waals surface area contributed by atoms with Crippen LogP contribution in [0.5, 0.6) is 0 Å². The lowest BCUT2D eigenvalue weighted by atomic mass is 10.6. The van der Waals surface area contributed by atoms with E-state index < -0.39 is 0 Å². The molecule has 0 aromatic heterocycles. The molecule has 0 spiro atoms. The quantitative estimate of drug-likeness (QED) is 0.776. The Morgan fingerprint density at radius 3 is 2.73 bits per heavy atom. The van der Waals surface area contributed by atoms with Gasteiger partial charge in [-0.25, -0.2) is 4.79 Å². The van der Waals surface area contributed by atoms with Gasteiger partial charge in [0.25, 0.3) is 0 Å². The summed E-state index contributed by atoms with van der Waals surface area (Å²) < 4.78 is 7.39. The smallest absolute Gasteiger partial charge is 0.349 e. The van der Waals surface area contributed by atoms with Crippen LogP contribution in [0.15, 0.2) is 16.1 Å². The molecule has 0 radical (unpaired) electrons. The molecule has 0 aromatic rings. The highest BCUT2D eigenvalue weighted by Crippen LogP contribution is 2.22. The van der Waals surface area contributed by atoms with Gasteiger partial charge in [-0.1, -0.05) is 0 Å². The molecule has 0 aliphatic carbocycles.